The molecule has 132 valence electrons. The van der Waals surface area contributed by atoms with Crippen LogP contribution in [0.25, 0.3) is 0 Å². The molecule has 1 aliphatic rings. The molecule has 25 heavy (non-hydrogen) atoms. The number of nitrogens with zero attached hydrogens (tertiary/aromatic N) is 1. The van der Waals surface area contributed by atoms with Crippen LogP contribution in [-0.2, 0) is 4.79 Å². The molecule has 1 heterocycles. The molecular weight excluding hydrogens is 316 g/mol. The van der Waals surface area contributed by atoms with Gasteiger partial charge in [0.25, 0.3) is 0 Å². The van der Waals surface area contributed by atoms with Crippen LogP contribution in [0.15, 0.2) is 54.6 Å². The number of anilines is 1. The van der Waals surface area contributed by atoms with Gasteiger partial charge in [-0.3, -0.25) is 9.69 Å². The molecule has 1 fully saturated rings. The Morgan fingerprint density at radius 2 is 1.68 bits per heavy atom. The molecule has 0 atom stereocenters. The lowest BCUT2D eigenvalue weighted by atomic mass is 9.98. The molecule has 1 saturated heterocycles. The van der Waals surface area contributed by atoms with E-state index in [2.05, 4.69) is 10.2 Å². The lowest BCUT2D eigenvalue weighted by molar-refractivity contribution is -0.117. The molecule has 5 heteroatoms. The lowest BCUT2D eigenvalue weighted by Crippen LogP contribution is -2.39. The first-order chi connectivity index (χ1) is 12.2. The predicted octanol–water partition coefficient (Wildman–Crippen LogP) is 3.12. The normalized spacial score (nSPS) is 15.7. The van der Waals surface area contributed by atoms with Gasteiger partial charge in [-0.15, -0.1) is 0 Å². The van der Waals surface area contributed by atoms with E-state index in [1.165, 1.54) is 0 Å². The number of rotatable bonds is 6. The van der Waals surface area contributed by atoms with E-state index in [1.807, 2.05) is 54.6 Å². The third-order valence-electron chi connectivity index (χ3n) is 4.45. The number of likely N-dealkylation sites (tertiary alicyclic amines) is 1. The number of hydrogen-bond acceptors (Lipinski definition) is 4. The highest BCUT2D eigenvalue weighted by atomic mass is 16.5. The van der Waals surface area contributed by atoms with Gasteiger partial charge in [-0.25, -0.2) is 0 Å². The van der Waals surface area contributed by atoms with Gasteiger partial charge in [0, 0.05) is 12.3 Å². The Morgan fingerprint density at radius 3 is 2.32 bits per heavy atom. The maximum absolute atomic E-state index is 12.2. The van der Waals surface area contributed by atoms with Gasteiger partial charge in [0.15, 0.2) is 0 Å². The molecule has 3 rings (SSSR count). The zero-order chi connectivity index (χ0) is 17.5. The SMILES string of the molecule is O=C(CN1CCC(CO)CC1)Nc1ccc(Oc2ccccc2)cc1. The van der Waals surface area contributed by atoms with Crippen molar-refractivity contribution < 1.29 is 14.6 Å². The first kappa shape index (κ1) is 17.5. The topological polar surface area (TPSA) is 61.8 Å². The average molecular weight is 340 g/mol. The first-order valence-corrected chi connectivity index (χ1v) is 8.69. The maximum atomic E-state index is 12.2. The summed E-state index contributed by atoms with van der Waals surface area (Å²) < 4.78 is 5.74. The molecule has 0 spiro atoms. The van der Waals surface area contributed by atoms with Crippen LogP contribution in [0.4, 0.5) is 5.69 Å². The van der Waals surface area contributed by atoms with Crippen LogP contribution in [0.1, 0.15) is 12.8 Å². The number of aliphatic hydroxyl groups excluding tert-OH is 1. The molecule has 0 bridgehead atoms. The second kappa shape index (κ2) is 8.65. The average Bonchev–Trinajstić information content (AvgIpc) is 2.65. The molecule has 2 N–H and O–H groups in total. The second-order valence-electron chi connectivity index (χ2n) is 6.39. The van der Waals surface area contributed by atoms with E-state index in [0.717, 1.165) is 43.1 Å². The molecule has 0 radical (unpaired) electrons. The number of carbonyl (C=O) groups is 1. The summed E-state index contributed by atoms with van der Waals surface area (Å²) in [5.74, 6) is 1.89. The Kier molecular flexibility index (Phi) is 6.04. The van der Waals surface area contributed by atoms with Gasteiger partial charge in [-0.2, -0.15) is 0 Å². The van der Waals surface area contributed by atoms with Crippen molar-refractivity contribution in [3.05, 3.63) is 54.6 Å². The van der Waals surface area contributed by atoms with Gasteiger partial charge in [-0.05, 0) is 68.2 Å². The number of nitrogens with one attached hydrogen (secondary N) is 1. The Morgan fingerprint density at radius 1 is 1.04 bits per heavy atom. The van der Waals surface area contributed by atoms with Gasteiger partial charge in [-0.1, -0.05) is 18.2 Å². The third-order valence-corrected chi connectivity index (χ3v) is 4.45. The number of piperidine rings is 1. The zero-order valence-corrected chi connectivity index (χ0v) is 14.2. The molecule has 1 amide bonds. The van der Waals surface area contributed by atoms with Crippen molar-refractivity contribution in [2.45, 2.75) is 12.8 Å². The standard InChI is InChI=1S/C20H24N2O3/c23-15-16-10-12-22(13-11-16)14-20(24)21-17-6-8-19(9-7-17)25-18-4-2-1-3-5-18/h1-9,16,23H,10-15H2,(H,21,24). The fraction of sp³-hybridized carbons (Fsp3) is 0.350. The molecular formula is C20H24N2O3. The summed E-state index contributed by atoms with van der Waals surface area (Å²) in [5.41, 5.74) is 0.760. The summed E-state index contributed by atoms with van der Waals surface area (Å²) in [7, 11) is 0. The fourth-order valence-electron chi connectivity index (χ4n) is 2.96. The fourth-order valence-corrected chi connectivity index (χ4v) is 2.96. The maximum Gasteiger partial charge on any atom is 0.238 e. The van der Waals surface area contributed by atoms with E-state index in [-0.39, 0.29) is 12.5 Å². The monoisotopic (exact) mass is 340 g/mol. The number of hydrogen-bond donors (Lipinski definition) is 2. The quantitative estimate of drug-likeness (QED) is 0.848. The molecule has 0 unspecified atom stereocenters. The highest BCUT2D eigenvalue weighted by Crippen LogP contribution is 2.22. The highest BCUT2D eigenvalue weighted by Gasteiger charge is 2.20. The number of ether oxygens (including phenoxy) is 1. The summed E-state index contributed by atoms with van der Waals surface area (Å²) in [6.07, 6.45) is 1.91. The van der Waals surface area contributed by atoms with E-state index in [9.17, 15) is 4.79 Å². The molecule has 0 aliphatic carbocycles. The van der Waals surface area contributed by atoms with Gasteiger partial charge >= 0.3 is 0 Å². The number of amides is 1. The van der Waals surface area contributed by atoms with E-state index >= 15 is 0 Å². The van der Waals surface area contributed by atoms with Crippen molar-refractivity contribution in [2.75, 3.05) is 31.6 Å². The summed E-state index contributed by atoms with van der Waals surface area (Å²) >= 11 is 0. The van der Waals surface area contributed by atoms with E-state index in [0.29, 0.717) is 12.5 Å². The van der Waals surface area contributed by atoms with Gasteiger partial charge in [0.1, 0.15) is 11.5 Å². The van der Waals surface area contributed by atoms with E-state index in [1.54, 1.807) is 0 Å². The number of carbonyl (C=O) groups excluding carboxylic acids is 1. The van der Waals surface area contributed by atoms with Crippen LogP contribution in [0, 0.1) is 5.92 Å². The van der Waals surface area contributed by atoms with Gasteiger partial charge < -0.3 is 15.2 Å². The zero-order valence-electron chi connectivity index (χ0n) is 14.2. The van der Waals surface area contributed by atoms with Crippen molar-refractivity contribution in [1.29, 1.82) is 0 Å². The predicted molar refractivity (Wildman–Crippen MR) is 97.8 cm³/mol. The van der Waals surface area contributed by atoms with Gasteiger partial charge in [0.2, 0.25) is 5.91 Å². The molecule has 0 saturated carbocycles. The number of benzene rings is 2. The van der Waals surface area contributed by atoms with Crippen LogP contribution in [-0.4, -0.2) is 42.2 Å². The minimum Gasteiger partial charge on any atom is -0.457 e. The van der Waals surface area contributed by atoms with Crippen molar-refractivity contribution in [3.63, 3.8) is 0 Å². The van der Waals surface area contributed by atoms with Crippen molar-refractivity contribution in [1.82, 2.24) is 4.90 Å². The third kappa shape index (κ3) is 5.31. The highest BCUT2D eigenvalue weighted by molar-refractivity contribution is 5.92. The largest absolute Gasteiger partial charge is 0.457 e. The molecule has 0 aromatic heterocycles. The number of para-hydroxylation sites is 1. The van der Waals surface area contributed by atoms with Crippen molar-refractivity contribution in [2.24, 2.45) is 5.92 Å². The Hall–Kier alpha value is -2.37. The minimum absolute atomic E-state index is 0.0147. The summed E-state index contributed by atoms with van der Waals surface area (Å²) in [5, 5.41) is 12.1. The van der Waals surface area contributed by atoms with Crippen LogP contribution in [0.2, 0.25) is 0 Å². The second-order valence-corrected chi connectivity index (χ2v) is 6.39. The molecule has 2 aromatic rings. The van der Waals surface area contributed by atoms with Crippen molar-refractivity contribution >= 4 is 11.6 Å². The van der Waals surface area contributed by atoms with Crippen LogP contribution < -0.4 is 10.1 Å². The van der Waals surface area contributed by atoms with E-state index in [4.69, 9.17) is 9.84 Å². The molecule has 1 aliphatic heterocycles. The molecule has 5 nitrogen and oxygen atoms in total. The van der Waals surface area contributed by atoms with E-state index < -0.39 is 0 Å². The summed E-state index contributed by atoms with van der Waals surface area (Å²) in [6.45, 7) is 2.36. The van der Waals surface area contributed by atoms with Gasteiger partial charge in [0.05, 0.1) is 6.54 Å². The molecule has 2 aromatic carbocycles. The smallest absolute Gasteiger partial charge is 0.238 e. The Labute approximate surface area is 148 Å². The number of aliphatic hydroxyl groups is 1. The Balaban J connectivity index is 1.47. The minimum atomic E-state index is -0.0147. The lowest BCUT2D eigenvalue weighted by Gasteiger charge is -2.30. The van der Waals surface area contributed by atoms with Crippen LogP contribution in [0.3, 0.4) is 0 Å². The first-order valence-electron chi connectivity index (χ1n) is 8.69. The van der Waals surface area contributed by atoms with Crippen LogP contribution >= 0.6 is 0 Å². The van der Waals surface area contributed by atoms with Crippen molar-refractivity contribution in [3.8, 4) is 11.5 Å². The summed E-state index contributed by atoms with van der Waals surface area (Å²) in [6, 6.07) is 17.0. The summed E-state index contributed by atoms with van der Waals surface area (Å²) in [4.78, 5) is 14.3. The Bertz CT molecular complexity index is 665. The van der Waals surface area contributed by atoms with Crippen LogP contribution in [0.5, 0.6) is 11.5 Å².